The van der Waals surface area contributed by atoms with E-state index in [4.69, 9.17) is 16.3 Å². The summed E-state index contributed by atoms with van der Waals surface area (Å²) in [7, 11) is 0. The molecular weight excluding hydrogens is 457 g/mol. The highest BCUT2D eigenvalue weighted by Gasteiger charge is 2.13. The SMILES string of the molecule is Cc1cccc(NC(=O)/C(C#N)=C\c2ccc(OCC(=O)Nc3ccccc3F)c(Cl)c2)c1C. The molecule has 0 aliphatic heterocycles. The van der Waals surface area contributed by atoms with Crippen LogP contribution in [0.3, 0.4) is 0 Å². The lowest BCUT2D eigenvalue weighted by atomic mass is 10.1. The minimum absolute atomic E-state index is 0.0471. The number of carbonyl (C=O) groups excluding carboxylic acids is 2. The molecule has 3 aromatic rings. The Morgan fingerprint density at radius 3 is 2.50 bits per heavy atom. The highest BCUT2D eigenvalue weighted by molar-refractivity contribution is 6.32. The third-order valence-corrected chi connectivity index (χ3v) is 5.29. The van der Waals surface area contributed by atoms with Gasteiger partial charge in [0.05, 0.1) is 10.7 Å². The molecule has 0 fully saturated rings. The van der Waals surface area contributed by atoms with Crippen molar-refractivity contribution < 1.29 is 18.7 Å². The number of anilines is 2. The van der Waals surface area contributed by atoms with Crippen LogP contribution in [0.15, 0.2) is 66.2 Å². The van der Waals surface area contributed by atoms with Crippen LogP contribution in [0.2, 0.25) is 5.02 Å². The first kappa shape index (κ1) is 24.5. The predicted octanol–water partition coefficient (Wildman–Crippen LogP) is 5.66. The Labute approximate surface area is 201 Å². The topological polar surface area (TPSA) is 91.2 Å². The zero-order valence-corrected chi connectivity index (χ0v) is 19.2. The second-order valence-electron chi connectivity index (χ2n) is 7.38. The summed E-state index contributed by atoms with van der Waals surface area (Å²) in [6.07, 6.45) is 1.40. The summed E-state index contributed by atoms with van der Waals surface area (Å²) in [5.41, 5.74) is 3.00. The van der Waals surface area contributed by atoms with Crippen molar-refractivity contribution in [3.63, 3.8) is 0 Å². The molecule has 2 N–H and O–H groups in total. The standard InChI is InChI=1S/C26H21ClFN3O3/c1-16-6-5-9-22(17(16)2)31-26(33)19(14-29)12-18-10-11-24(20(27)13-18)34-15-25(32)30-23-8-4-3-7-21(23)28/h3-13H,15H2,1-2H3,(H,30,32)(H,31,33)/b19-12-. The molecule has 6 nitrogen and oxygen atoms in total. The lowest BCUT2D eigenvalue weighted by Crippen LogP contribution is -2.20. The predicted molar refractivity (Wildman–Crippen MR) is 130 cm³/mol. The number of nitrogens with zero attached hydrogens (tertiary/aromatic N) is 1. The second kappa shape index (κ2) is 11.1. The minimum Gasteiger partial charge on any atom is -0.482 e. The van der Waals surface area contributed by atoms with Crippen LogP contribution in [0.25, 0.3) is 6.08 Å². The molecule has 8 heteroatoms. The lowest BCUT2D eigenvalue weighted by molar-refractivity contribution is -0.118. The fourth-order valence-electron chi connectivity index (χ4n) is 3.01. The van der Waals surface area contributed by atoms with Crippen LogP contribution >= 0.6 is 11.6 Å². The van der Waals surface area contributed by atoms with Crippen molar-refractivity contribution in [1.82, 2.24) is 0 Å². The number of rotatable bonds is 7. The number of nitriles is 1. The van der Waals surface area contributed by atoms with E-state index in [0.717, 1.165) is 11.1 Å². The average Bonchev–Trinajstić information content (AvgIpc) is 2.81. The highest BCUT2D eigenvalue weighted by Crippen LogP contribution is 2.27. The van der Waals surface area contributed by atoms with Crippen molar-refractivity contribution in [3.05, 3.63) is 93.8 Å². The molecule has 0 atom stereocenters. The zero-order valence-electron chi connectivity index (χ0n) is 18.5. The smallest absolute Gasteiger partial charge is 0.266 e. The van der Waals surface area contributed by atoms with E-state index in [-0.39, 0.29) is 28.6 Å². The van der Waals surface area contributed by atoms with Crippen molar-refractivity contribution in [2.45, 2.75) is 13.8 Å². The molecule has 0 spiro atoms. The third-order valence-electron chi connectivity index (χ3n) is 4.99. The number of benzene rings is 3. The van der Waals surface area contributed by atoms with E-state index in [2.05, 4.69) is 10.6 Å². The van der Waals surface area contributed by atoms with Gasteiger partial charge in [-0.3, -0.25) is 9.59 Å². The number of ether oxygens (including phenoxy) is 1. The normalized spacial score (nSPS) is 10.9. The van der Waals surface area contributed by atoms with Gasteiger partial charge in [-0.25, -0.2) is 4.39 Å². The number of para-hydroxylation sites is 1. The molecule has 172 valence electrons. The summed E-state index contributed by atoms with van der Waals surface area (Å²) in [4.78, 5) is 24.6. The van der Waals surface area contributed by atoms with E-state index in [1.807, 2.05) is 32.0 Å². The summed E-state index contributed by atoms with van der Waals surface area (Å²) in [5, 5.41) is 14.8. The van der Waals surface area contributed by atoms with Crippen LogP contribution in [-0.2, 0) is 9.59 Å². The summed E-state index contributed by atoms with van der Waals surface area (Å²) in [6.45, 7) is 3.43. The molecule has 0 aliphatic rings. The van der Waals surface area contributed by atoms with Crippen molar-refractivity contribution in [1.29, 1.82) is 5.26 Å². The van der Waals surface area contributed by atoms with Gasteiger partial charge < -0.3 is 15.4 Å². The number of hydrogen-bond acceptors (Lipinski definition) is 4. The van der Waals surface area contributed by atoms with Crippen molar-refractivity contribution >= 4 is 40.9 Å². The lowest BCUT2D eigenvalue weighted by Gasteiger charge is -2.11. The first-order valence-electron chi connectivity index (χ1n) is 10.2. The highest BCUT2D eigenvalue weighted by atomic mass is 35.5. The minimum atomic E-state index is -0.556. The Morgan fingerprint density at radius 2 is 1.79 bits per heavy atom. The van der Waals surface area contributed by atoms with E-state index >= 15 is 0 Å². The summed E-state index contributed by atoms with van der Waals surface area (Å²) < 4.78 is 19.1. The van der Waals surface area contributed by atoms with Crippen LogP contribution in [0.1, 0.15) is 16.7 Å². The number of amides is 2. The molecule has 0 saturated heterocycles. The Bertz CT molecular complexity index is 1310. The number of halogens is 2. The molecule has 0 saturated carbocycles. The first-order chi connectivity index (χ1) is 16.3. The van der Waals surface area contributed by atoms with Crippen molar-refractivity contribution in [3.8, 4) is 11.8 Å². The van der Waals surface area contributed by atoms with Crippen LogP contribution in [0, 0.1) is 31.0 Å². The molecule has 0 heterocycles. The zero-order chi connectivity index (χ0) is 24.7. The average molecular weight is 478 g/mol. The number of nitrogens with one attached hydrogen (secondary N) is 2. The monoisotopic (exact) mass is 477 g/mol. The van der Waals surface area contributed by atoms with Crippen LogP contribution in [0.5, 0.6) is 5.75 Å². The number of hydrogen-bond donors (Lipinski definition) is 2. The van der Waals surface area contributed by atoms with Gasteiger partial charge in [0.15, 0.2) is 6.61 Å². The molecule has 0 radical (unpaired) electrons. The van der Waals surface area contributed by atoms with Crippen molar-refractivity contribution in [2.75, 3.05) is 17.2 Å². The largest absolute Gasteiger partial charge is 0.482 e. The van der Waals surface area contributed by atoms with E-state index in [0.29, 0.717) is 11.3 Å². The number of carbonyl (C=O) groups is 2. The Balaban J connectivity index is 1.66. The van der Waals surface area contributed by atoms with Gasteiger partial charge in [-0.15, -0.1) is 0 Å². The molecule has 2 amide bonds. The molecule has 0 aromatic heterocycles. The van der Waals surface area contributed by atoms with Gasteiger partial charge in [-0.2, -0.15) is 5.26 Å². The Kier molecular flexibility index (Phi) is 8.01. The van der Waals surface area contributed by atoms with Gasteiger partial charge in [-0.1, -0.05) is 41.9 Å². The van der Waals surface area contributed by atoms with Gasteiger partial charge in [0.2, 0.25) is 0 Å². The summed E-state index contributed by atoms with van der Waals surface area (Å²) in [6, 6.07) is 17.8. The Morgan fingerprint density at radius 1 is 1.06 bits per heavy atom. The van der Waals surface area contributed by atoms with Crippen LogP contribution in [-0.4, -0.2) is 18.4 Å². The summed E-state index contributed by atoms with van der Waals surface area (Å²) in [5.74, 6) is -1.43. The van der Waals surface area contributed by atoms with Gasteiger partial charge in [0.25, 0.3) is 11.8 Å². The molecule has 0 aliphatic carbocycles. The molecule has 0 unspecified atom stereocenters. The van der Waals surface area contributed by atoms with Gasteiger partial charge in [-0.05, 0) is 66.9 Å². The first-order valence-corrected chi connectivity index (χ1v) is 10.6. The van der Waals surface area contributed by atoms with Gasteiger partial charge in [0.1, 0.15) is 23.2 Å². The maximum atomic E-state index is 13.6. The quantitative estimate of drug-likeness (QED) is 0.339. The number of aryl methyl sites for hydroxylation is 1. The maximum Gasteiger partial charge on any atom is 0.266 e. The maximum absolute atomic E-state index is 13.6. The summed E-state index contributed by atoms with van der Waals surface area (Å²) >= 11 is 6.24. The van der Waals surface area contributed by atoms with Crippen LogP contribution in [0.4, 0.5) is 15.8 Å². The van der Waals surface area contributed by atoms with Crippen molar-refractivity contribution in [2.24, 2.45) is 0 Å². The Hall–Kier alpha value is -4.15. The van der Waals surface area contributed by atoms with Gasteiger partial charge in [0, 0.05) is 5.69 Å². The third kappa shape index (κ3) is 6.21. The molecular formula is C26H21ClFN3O3. The van der Waals surface area contributed by atoms with E-state index in [1.54, 1.807) is 18.2 Å². The fourth-order valence-corrected chi connectivity index (χ4v) is 3.25. The van der Waals surface area contributed by atoms with E-state index in [1.165, 1.54) is 36.4 Å². The molecule has 0 bridgehead atoms. The molecule has 3 aromatic carbocycles. The van der Waals surface area contributed by atoms with Gasteiger partial charge >= 0.3 is 0 Å². The second-order valence-corrected chi connectivity index (χ2v) is 7.79. The molecule has 3 rings (SSSR count). The van der Waals surface area contributed by atoms with Crippen LogP contribution < -0.4 is 15.4 Å². The van der Waals surface area contributed by atoms with E-state index in [9.17, 15) is 19.2 Å². The fraction of sp³-hybridized carbons (Fsp3) is 0.115. The van der Waals surface area contributed by atoms with E-state index < -0.39 is 17.6 Å². The molecule has 34 heavy (non-hydrogen) atoms.